The number of aromatic nitrogens is 3. The fourth-order valence-electron chi connectivity index (χ4n) is 3.19. The molecule has 0 bridgehead atoms. The number of hydrogen-bond donors (Lipinski definition) is 0. The number of hydrogen-bond acceptors (Lipinski definition) is 5. The van der Waals surface area contributed by atoms with Crippen molar-refractivity contribution in [1.82, 2.24) is 15.0 Å². The van der Waals surface area contributed by atoms with E-state index in [0.29, 0.717) is 39.4 Å². The van der Waals surface area contributed by atoms with Crippen LogP contribution in [0.4, 0.5) is 14.6 Å². The lowest BCUT2D eigenvalue weighted by molar-refractivity contribution is 0.419. The highest BCUT2D eigenvalue weighted by Gasteiger charge is 2.17. The van der Waals surface area contributed by atoms with E-state index in [1.807, 2.05) is 37.2 Å². The third kappa shape index (κ3) is 3.59. The van der Waals surface area contributed by atoms with Crippen molar-refractivity contribution in [1.29, 1.82) is 0 Å². The molecule has 4 rings (SSSR count). The van der Waals surface area contributed by atoms with E-state index in [9.17, 15) is 8.78 Å². The van der Waals surface area contributed by atoms with E-state index in [1.165, 1.54) is 19.2 Å². The van der Waals surface area contributed by atoms with Crippen LogP contribution in [0.1, 0.15) is 0 Å². The summed E-state index contributed by atoms with van der Waals surface area (Å²) in [5.74, 6) is 0.367. The van der Waals surface area contributed by atoms with Crippen LogP contribution >= 0.6 is 0 Å². The molecule has 0 amide bonds. The van der Waals surface area contributed by atoms with Crippen LogP contribution in [0, 0.1) is 11.6 Å². The van der Waals surface area contributed by atoms with Crippen molar-refractivity contribution in [2.45, 2.75) is 0 Å². The number of benzene rings is 2. The second-order valence-electron chi connectivity index (χ2n) is 6.74. The van der Waals surface area contributed by atoms with Crippen LogP contribution in [0.3, 0.4) is 0 Å². The molecule has 0 N–H and O–H groups in total. The molecule has 4 aromatic rings. The van der Waals surface area contributed by atoms with Crippen molar-refractivity contribution in [2.24, 2.45) is 0 Å². The fraction of sp³-hybridized carbons (Fsp3) is 0.136. The van der Waals surface area contributed by atoms with Crippen molar-refractivity contribution >= 4 is 16.7 Å². The van der Waals surface area contributed by atoms with Crippen LogP contribution in [0.15, 0.2) is 54.9 Å². The number of fused-ring (bicyclic) bond motifs is 1. The Balaban J connectivity index is 2.01. The van der Waals surface area contributed by atoms with E-state index < -0.39 is 11.6 Å². The molecule has 0 aliphatic carbocycles. The number of methoxy groups -OCH3 is 1. The van der Waals surface area contributed by atoms with Crippen LogP contribution in [-0.2, 0) is 0 Å². The minimum atomic E-state index is -0.643. The Morgan fingerprint density at radius 3 is 2.24 bits per heavy atom. The highest BCUT2D eigenvalue weighted by atomic mass is 19.1. The summed E-state index contributed by atoms with van der Waals surface area (Å²) in [6.07, 6.45) is 3.37. The van der Waals surface area contributed by atoms with Crippen molar-refractivity contribution < 1.29 is 13.5 Å². The summed E-state index contributed by atoms with van der Waals surface area (Å²) in [7, 11) is 5.28. The van der Waals surface area contributed by atoms with Crippen LogP contribution in [0.25, 0.3) is 33.4 Å². The van der Waals surface area contributed by atoms with Gasteiger partial charge in [-0.2, -0.15) is 0 Å². The van der Waals surface area contributed by atoms with Gasteiger partial charge in [0.2, 0.25) is 0 Å². The summed E-state index contributed by atoms with van der Waals surface area (Å²) in [5.41, 5.74) is 2.39. The monoisotopic (exact) mass is 392 g/mol. The molecule has 0 saturated heterocycles. The minimum Gasteiger partial charge on any atom is -0.494 e. The molecular formula is C22H18F2N4O. The molecule has 0 unspecified atom stereocenters. The maximum Gasteiger partial charge on any atom is 0.163 e. The van der Waals surface area contributed by atoms with Crippen molar-refractivity contribution in [2.75, 3.05) is 26.1 Å². The van der Waals surface area contributed by atoms with Crippen molar-refractivity contribution in [3.05, 3.63) is 66.5 Å². The maximum absolute atomic E-state index is 13.7. The van der Waals surface area contributed by atoms with Gasteiger partial charge in [-0.05, 0) is 47.5 Å². The van der Waals surface area contributed by atoms with Gasteiger partial charge in [-0.25, -0.2) is 18.7 Å². The van der Waals surface area contributed by atoms with Gasteiger partial charge in [0.15, 0.2) is 5.82 Å². The largest absolute Gasteiger partial charge is 0.494 e. The number of rotatable bonds is 4. The number of ether oxygens (including phenoxy) is 1. The van der Waals surface area contributed by atoms with Gasteiger partial charge in [0.1, 0.15) is 28.7 Å². The second-order valence-corrected chi connectivity index (χ2v) is 6.74. The molecule has 2 aromatic heterocycles. The Morgan fingerprint density at radius 1 is 0.897 bits per heavy atom. The Kier molecular flexibility index (Phi) is 4.80. The average Bonchev–Trinajstić information content (AvgIpc) is 2.72. The molecule has 7 heteroatoms. The van der Waals surface area contributed by atoms with Gasteiger partial charge in [0.25, 0.3) is 0 Å². The Bertz CT molecular complexity index is 1180. The highest BCUT2D eigenvalue weighted by molar-refractivity contribution is 5.98. The van der Waals surface area contributed by atoms with Gasteiger partial charge in [0.05, 0.1) is 7.11 Å². The lowest BCUT2D eigenvalue weighted by atomic mass is 10.0. The molecule has 5 nitrogen and oxygen atoms in total. The van der Waals surface area contributed by atoms with Gasteiger partial charge in [0, 0.05) is 43.5 Å². The first-order valence-corrected chi connectivity index (χ1v) is 8.90. The predicted octanol–water partition coefficient (Wildman–Crippen LogP) is 4.71. The van der Waals surface area contributed by atoms with Crippen molar-refractivity contribution in [3.63, 3.8) is 0 Å². The normalized spacial score (nSPS) is 10.9. The molecule has 0 atom stereocenters. The molecule has 29 heavy (non-hydrogen) atoms. The molecular weight excluding hydrogens is 374 g/mol. The smallest absolute Gasteiger partial charge is 0.163 e. The second kappa shape index (κ2) is 7.43. The first kappa shape index (κ1) is 18.7. The topological polar surface area (TPSA) is 51.1 Å². The van der Waals surface area contributed by atoms with Crippen molar-refractivity contribution in [3.8, 4) is 28.3 Å². The number of pyridine rings is 1. The first-order chi connectivity index (χ1) is 14.0. The molecule has 0 radical (unpaired) electrons. The number of nitrogens with zero attached hydrogens (tertiary/aromatic N) is 4. The zero-order valence-electron chi connectivity index (χ0n) is 16.1. The van der Waals surface area contributed by atoms with Gasteiger partial charge in [-0.3, -0.25) is 4.98 Å². The Hall–Kier alpha value is -3.61. The number of anilines is 1. The molecule has 0 aliphatic heterocycles. The summed E-state index contributed by atoms with van der Waals surface area (Å²) >= 11 is 0. The molecule has 2 heterocycles. The van der Waals surface area contributed by atoms with E-state index >= 15 is 0 Å². The van der Waals surface area contributed by atoms with Crippen LogP contribution in [-0.4, -0.2) is 36.2 Å². The third-order valence-corrected chi connectivity index (χ3v) is 4.50. The van der Waals surface area contributed by atoms with E-state index in [4.69, 9.17) is 4.74 Å². The zero-order valence-corrected chi connectivity index (χ0v) is 16.1. The van der Waals surface area contributed by atoms with E-state index in [0.717, 1.165) is 11.6 Å². The Morgan fingerprint density at radius 2 is 1.62 bits per heavy atom. The fourth-order valence-corrected chi connectivity index (χ4v) is 3.19. The van der Waals surface area contributed by atoms with E-state index in [-0.39, 0.29) is 0 Å². The van der Waals surface area contributed by atoms with Gasteiger partial charge >= 0.3 is 0 Å². The quantitative estimate of drug-likeness (QED) is 0.503. The summed E-state index contributed by atoms with van der Waals surface area (Å²) in [5, 5.41) is 0.710. The molecule has 0 aliphatic rings. The van der Waals surface area contributed by atoms with E-state index in [1.54, 1.807) is 18.5 Å². The number of halogens is 2. The third-order valence-electron chi connectivity index (χ3n) is 4.50. The maximum atomic E-state index is 13.7. The van der Waals surface area contributed by atoms with Gasteiger partial charge in [-0.15, -0.1) is 0 Å². The van der Waals surface area contributed by atoms with E-state index in [2.05, 4.69) is 15.0 Å². The van der Waals surface area contributed by atoms with Crippen LogP contribution < -0.4 is 9.64 Å². The SMILES string of the molecule is COc1cc(-c2cc(F)cc(F)c2)cc2c(N(C)C)nc(-c3cccnc3)nc12. The standard InChI is InChI=1S/C22H18F2N4O/c1-28(2)22-18-9-15(14-7-16(23)11-17(24)8-14)10-19(29-3)20(18)26-21(27-22)13-5-4-6-25-12-13/h4-12H,1-3H3. The predicted molar refractivity (Wildman–Crippen MR) is 109 cm³/mol. The summed E-state index contributed by atoms with van der Waals surface area (Å²) in [6.45, 7) is 0. The highest BCUT2D eigenvalue weighted by Crippen LogP contribution is 2.36. The minimum absolute atomic E-state index is 0.406. The van der Waals surface area contributed by atoms with Gasteiger partial charge < -0.3 is 9.64 Å². The van der Waals surface area contributed by atoms with Gasteiger partial charge in [-0.1, -0.05) is 0 Å². The molecule has 0 fully saturated rings. The molecule has 0 spiro atoms. The first-order valence-electron chi connectivity index (χ1n) is 8.90. The lowest BCUT2D eigenvalue weighted by Crippen LogP contribution is -2.12. The molecule has 146 valence electrons. The van der Waals surface area contributed by atoms with Crippen LogP contribution in [0.5, 0.6) is 5.75 Å². The molecule has 0 saturated carbocycles. The van der Waals surface area contributed by atoms with Crippen LogP contribution in [0.2, 0.25) is 0 Å². The summed E-state index contributed by atoms with van der Waals surface area (Å²) in [6, 6.07) is 10.6. The lowest BCUT2D eigenvalue weighted by Gasteiger charge is -2.18. The average molecular weight is 392 g/mol. The zero-order chi connectivity index (χ0) is 20.5. The summed E-state index contributed by atoms with van der Waals surface area (Å²) < 4.78 is 33.1. The molecule has 2 aromatic carbocycles. The summed E-state index contributed by atoms with van der Waals surface area (Å²) in [4.78, 5) is 15.4. The Labute approximate surface area is 166 Å².